The van der Waals surface area contributed by atoms with Gasteiger partial charge < -0.3 is 9.47 Å². The second kappa shape index (κ2) is 5.89. The van der Waals surface area contributed by atoms with Crippen molar-refractivity contribution in [3.8, 4) is 5.75 Å². The zero-order valence-corrected chi connectivity index (χ0v) is 11.1. The van der Waals surface area contributed by atoms with Crippen LogP contribution in [-0.2, 0) is 9.53 Å². The molecule has 0 saturated carbocycles. The van der Waals surface area contributed by atoms with Gasteiger partial charge in [0.2, 0.25) is 0 Å². The maximum Gasteiger partial charge on any atom is 0.327 e. The van der Waals surface area contributed by atoms with Gasteiger partial charge in [-0.2, -0.15) is 0 Å². The lowest BCUT2D eigenvalue weighted by molar-refractivity contribution is -0.146. The van der Waals surface area contributed by atoms with E-state index in [9.17, 15) is 4.79 Å². The SMILES string of the molecule is COC(=O)C(c1ccc(OC)c(Cl)c1)N(C)C. The molecule has 0 aliphatic rings. The van der Waals surface area contributed by atoms with Crippen molar-refractivity contribution in [2.24, 2.45) is 0 Å². The van der Waals surface area contributed by atoms with E-state index < -0.39 is 6.04 Å². The molecule has 0 aromatic heterocycles. The molecule has 0 saturated heterocycles. The number of methoxy groups -OCH3 is 2. The highest BCUT2D eigenvalue weighted by atomic mass is 35.5. The zero-order chi connectivity index (χ0) is 13.0. The normalized spacial score (nSPS) is 12.4. The topological polar surface area (TPSA) is 38.8 Å². The third-order valence-electron chi connectivity index (χ3n) is 2.43. The summed E-state index contributed by atoms with van der Waals surface area (Å²) in [6, 6.07) is 4.77. The number of halogens is 1. The molecule has 5 heteroatoms. The minimum atomic E-state index is -0.469. The lowest BCUT2D eigenvalue weighted by atomic mass is 10.1. The second-order valence-electron chi connectivity index (χ2n) is 3.78. The summed E-state index contributed by atoms with van der Waals surface area (Å²) in [6.07, 6.45) is 0. The molecule has 0 heterocycles. The largest absolute Gasteiger partial charge is 0.495 e. The average Bonchev–Trinajstić information content (AvgIpc) is 2.28. The molecule has 0 spiro atoms. The Morgan fingerprint density at radius 2 is 2.00 bits per heavy atom. The molecular formula is C12H16ClNO3. The molecule has 0 amide bonds. The lowest BCUT2D eigenvalue weighted by Crippen LogP contribution is -2.28. The molecule has 94 valence electrons. The van der Waals surface area contributed by atoms with E-state index in [1.807, 2.05) is 0 Å². The van der Waals surface area contributed by atoms with Crippen LogP contribution in [0, 0.1) is 0 Å². The minimum absolute atomic E-state index is 0.323. The Morgan fingerprint density at radius 1 is 1.35 bits per heavy atom. The van der Waals surface area contributed by atoms with Crippen molar-refractivity contribution in [2.45, 2.75) is 6.04 Å². The van der Waals surface area contributed by atoms with E-state index in [4.69, 9.17) is 21.1 Å². The van der Waals surface area contributed by atoms with E-state index in [0.717, 1.165) is 5.56 Å². The Morgan fingerprint density at radius 3 is 2.41 bits per heavy atom. The summed E-state index contributed by atoms with van der Waals surface area (Å²) in [5, 5.41) is 0.473. The quantitative estimate of drug-likeness (QED) is 0.775. The smallest absolute Gasteiger partial charge is 0.327 e. The van der Waals surface area contributed by atoms with Crippen LogP contribution in [0.2, 0.25) is 5.02 Å². The van der Waals surface area contributed by atoms with Crippen LogP contribution in [0.3, 0.4) is 0 Å². The molecule has 1 atom stereocenters. The number of likely N-dealkylation sites (N-methyl/N-ethyl adjacent to an activating group) is 1. The van der Waals surface area contributed by atoms with E-state index in [0.29, 0.717) is 10.8 Å². The van der Waals surface area contributed by atoms with Crippen LogP contribution >= 0.6 is 11.6 Å². The first kappa shape index (κ1) is 13.8. The highest BCUT2D eigenvalue weighted by Gasteiger charge is 2.24. The summed E-state index contributed by atoms with van der Waals surface area (Å²) in [7, 11) is 6.52. The molecule has 1 aromatic rings. The van der Waals surface area contributed by atoms with E-state index in [2.05, 4.69) is 0 Å². The van der Waals surface area contributed by atoms with Crippen molar-refractivity contribution < 1.29 is 14.3 Å². The fraction of sp³-hybridized carbons (Fsp3) is 0.417. The highest BCUT2D eigenvalue weighted by molar-refractivity contribution is 6.32. The second-order valence-corrected chi connectivity index (χ2v) is 4.19. The van der Waals surface area contributed by atoms with Gasteiger partial charge in [-0.3, -0.25) is 4.90 Å². The Labute approximate surface area is 106 Å². The monoisotopic (exact) mass is 257 g/mol. The third-order valence-corrected chi connectivity index (χ3v) is 2.73. The maximum absolute atomic E-state index is 11.7. The Hall–Kier alpha value is -1.26. The van der Waals surface area contributed by atoms with E-state index in [1.54, 1.807) is 44.3 Å². The van der Waals surface area contributed by atoms with Crippen LogP contribution in [0.25, 0.3) is 0 Å². The van der Waals surface area contributed by atoms with Gasteiger partial charge >= 0.3 is 5.97 Å². The first-order chi connectivity index (χ1) is 8.01. The van der Waals surface area contributed by atoms with Gasteiger partial charge in [0.05, 0.1) is 19.2 Å². The van der Waals surface area contributed by atoms with Crippen molar-refractivity contribution in [1.29, 1.82) is 0 Å². The zero-order valence-electron chi connectivity index (χ0n) is 10.4. The summed E-state index contributed by atoms with van der Waals surface area (Å²) in [5.41, 5.74) is 0.771. The van der Waals surface area contributed by atoms with Gasteiger partial charge in [0.1, 0.15) is 11.8 Å². The van der Waals surface area contributed by atoms with Gasteiger partial charge in [-0.15, -0.1) is 0 Å². The number of hydrogen-bond acceptors (Lipinski definition) is 4. The van der Waals surface area contributed by atoms with Crippen molar-refractivity contribution in [3.05, 3.63) is 28.8 Å². The summed E-state index contributed by atoms with van der Waals surface area (Å²) < 4.78 is 9.83. The van der Waals surface area contributed by atoms with Crippen molar-refractivity contribution in [2.75, 3.05) is 28.3 Å². The number of esters is 1. The molecule has 1 unspecified atom stereocenters. The molecule has 0 radical (unpaired) electrons. The van der Waals surface area contributed by atoms with Gasteiger partial charge in [-0.25, -0.2) is 4.79 Å². The molecular weight excluding hydrogens is 242 g/mol. The molecule has 0 bridgehead atoms. The first-order valence-corrected chi connectivity index (χ1v) is 5.46. The van der Waals surface area contributed by atoms with Crippen LogP contribution in [0.5, 0.6) is 5.75 Å². The summed E-state index contributed by atoms with van der Waals surface area (Å²) in [5.74, 6) is 0.258. The van der Waals surface area contributed by atoms with E-state index >= 15 is 0 Å². The number of benzene rings is 1. The Kier molecular flexibility index (Phi) is 4.78. The van der Waals surface area contributed by atoms with Gasteiger partial charge in [-0.05, 0) is 31.8 Å². The molecule has 0 aliphatic carbocycles. The van der Waals surface area contributed by atoms with Crippen molar-refractivity contribution in [1.82, 2.24) is 4.90 Å². The number of carbonyl (C=O) groups is 1. The maximum atomic E-state index is 11.7. The average molecular weight is 258 g/mol. The number of ether oxygens (including phenoxy) is 2. The molecule has 0 N–H and O–H groups in total. The van der Waals surface area contributed by atoms with Crippen LogP contribution in [0.4, 0.5) is 0 Å². The lowest BCUT2D eigenvalue weighted by Gasteiger charge is -2.22. The fourth-order valence-corrected chi connectivity index (χ4v) is 1.88. The predicted octanol–water partition coefficient (Wildman–Crippen LogP) is 2.12. The molecule has 1 rings (SSSR count). The summed E-state index contributed by atoms with van der Waals surface area (Å²) in [6.45, 7) is 0. The predicted molar refractivity (Wildman–Crippen MR) is 66.4 cm³/mol. The van der Waals surface area contributed by atoms with Crippen molar-refractivity contribution >= 4 is 17.6 Å². The summed E-state index contributed by atoms with van der Waals surface area (Å²) >= 11 is 6.03. The minimum Gasteiger partial charge on any atom is -0.495 e. The van der Waals surface area contributed by atoms with Crippen molar-refractivity contribution in [3.63, 3.8) is 0 Å². The number of carbonyl (C=O) groups excluding carboxylic acids is 1. The number of rotatable bonds is 4. The first-order valence-electron chi connectivity index (χ1n) is 5.09. The van der Waals surface area contributed by atoms with Gasteiger partial charge in [-0.1, -0.05) is 17.7 Å². The molecule has 4 nitrogen and oxygen atoms in total. The molecule has 0 aliphatic heterocycles. The molecule has 1 aromatic carbocycles. The Bertz CT molecular complexity index is 407. The van der Waals surface area contributed by atoms with Crippen LogP contribution in [-0.4, -0.2) is 39.2 Å². The Balaban J connectivity index is 3.11. The van der Waals surface area contributed by atoms with Gasteiger partial charge in [0, 0.05) is 0 Å². The number of nitrogens with zero attached hydrogens (tertiary/aromatic N) is 1. The number of hydrogen-bond donors (Lipinski definition) is 0. The van der Waals surface area contributed by atoms with Gasteiger partial charge in [0.25, 0.3) is 0 Å². The summed E-state index contributed by atoms with van der Waals surface area (Å²) in [4.78, 5) is 13.4. The van der Waals surface area contributed by atoms with E-state index in [-0.39, 0.29) is 5.97 Å². The standard InChI is InChI=1S/C12H16ClNO3/c1-14(2)11(12(15)17-4)8-5-6-10(16-3)9(13)7-8/h5-7,11H,1-4H3. The molecule has 0 fully saturated rings. The fourth-order valence-electron chi connectivity index (χ4n) is 1.61. The van der Waals surface area contributed by atoms with Gasteiger partial charge in [0.15, 0.2) is 0 Å². The van der Waals surface area contributed by atoms with Crippen LogP contribution in [0.1, 0.15) is 11.6 Å². The highest BCUT2D eigenvalue weighted by Crippen LogP contribution is 2.29. The van der Waals surface area contributed by atoms with E-state index in [1.165, 1.54) is 7.11 Å². The third kappa shape index (κ3) is 3.11. The van der Waals surface area contributed by atoms with Crippen LogP contribution < -0.4 is 4.74 Å². The van der Waals surface area contributed by atoms with Crippen LogP contribution in [0.15, 0.2) is 18.2 Å². The molecule has 17 heavy (non-hydrogen) atoms.